The van der Waals surface area contributed by atoms with E-state index in [0.29, 0.717) is 34.1 Å². The van der Waals surface area contributed by atoms with Crippen molar-refractivity contribution < 1.29 is 5.48 Å². The van der Waals surface area contributed by atoms with E-state index in [-0.39, 0.29) is 24.2 Å². The van der Waals surface area contributed by atoms with Crippen LogP contribution in [0.2, 0.25) is 0 Å². The Kier molecular flexibility index (Phi) is 7.08. The van der Waals surface area contributed by atoms with Crippen LogP contribution in [-0.2, 0) is 0 Å². The van der Waals surface area contributed by atoms with Crippen LogP contribution in [0.5, 0.6) is 0 Å². The van der Waals surface area contributed by atoms with Crippen molar-refractivity contribution in [1.29, 1.82) is 0 Å². The fraction of sp³-hybridized carbons (Fsp3) is 0. The molecule has 4 nitrogen and oxygen atoms in total. The molecule has 0 fully saturated rings. The Morgan fingerprint density at radius 1 is 0.364 bits per heavy atom. The van der Waals surface area contributed by atoms with Crippen molar-refractivity contribution in [3.8, 4) is 73.2 Å². The molecule has 8 aromatic carbocycles. The first kappa shape index (κ1) is 28.1. The summed E-state index contributed by atoms with van der Waals surface area (Å²) in [6.45, 7) is 0. The lowest BCUT2D eigenvalue weighted by Gasteiger charge is -2.14. The van der Waals surface area contributed by atoms with Gasteiger partial charge in [-0.15, -0.1) is 0 Å². The van der Waals surface area contributed by atoms with Crippen molar-refractivity contribution >= 4 is 21.8 Å². The molecule has 0 aliphatic rings. The summed E-state index contributed by atoms with van der Waals surface area (Å²) in [5.41, 5.74) is 10.5. The van der Waals surface area contributed by atoms with Crippen LogP contribution in [0.3, 0.4) is 0 Å². The summed E-state index contributed by atoms with van der Waals surface area (Å²) in [4.78, 5) is 15.0. The number of rotatable bonds is 7. The molecule has 0 N–H and O–H groups in total. The van der Waals surface area contributed by atoms with Gasteiger partial charge in [-0.1, -0.05) is 182 Å². The molecule has 0 radical (unpaired) electrons. The minimum absolute atomic E-state index is 0.0796. The predicted molar refractivity (Wildman–Crippen MR) is 227 cm³/mol. The van der Waals surface area contributed by atoms with E-state index in [4.69, 9.17) is 19.1 Å². The molecule has 10 rings (SSSR count). The molecule has 258 valence electrons. The van der Waals surface area contributed by atoms with Crippen molar-refractivity contribution in [2.75, 3.05) is 0 Å². The Morgan fingerprint density at radius 3 is 1.56 bits per heavy atom. The lowest BCUT2D eigenvalue weighted by Crippen LogP contribution is -2.01. The molecule has 0 aliphatic heterocycles. The maximum Gasteiger partial charge on any atom is 0.164 e. The molecule has 0 saturated carbocycles. The zero-order chi connectivity index (χ0) is 40.0. The van der Waals surface area contributed by atoms with Crippen LogP contribution in [0.25, 0.3) is 95.0 Å². The van der Waals surface area contributed by atoms with E-state index < -0.39 is 0 Å². The maximum absolute atomic E-state index is 9.26. The van der Waals surface area contributed by atoms with Crippen LogP contribution in [0.4, 0.5) is 0 Å². The molecular weight excluding hydrogens is 669 g/mol. The van der Waals surface area contributed by atoms with E-state index in [1.54, 1.807) is 0 Å². The molecule has 0 aliphatic carbocycles. The van der Waals surface area contributed by atoms with Gasteiger partial charge in [-0.3, -0.25) is 0 Å². The van der Waals surface area contributed by atoms with Crippen LogP contribution in [-0.4, -0.2) is 19.5 Å². The molecule has 0 amide bonds. The maximum atomic E-state index is 9.26. The van der Waals surface area contributed by atoms with Gasteiger partial charge in [0.1, 0.15) is 0 Å². The van der Waals surface area contributed by atoms with E-state index in [1.165, 1.54) is 0 Å². The molecule has 0 spiro atoms. The summed E-state index contributed by atoms with van der Waals surface area (Å²) in [6, 6.07) is 59.9. The summed E-state index contributed by atoms with van der Waals surface area (Å²) >= 11 is 0. The van der Waals surface area contributed by atoms with Gasteiger partial charge in [-0.2, -0.15) is 0 Å². The molecule has 0 atom stereocenters. The monoisotopic (exact) mass is 706 g/mol. The second kappa shape index (κ2) is 13.8. The average Bonchev–Trinajstić information content (AvgIpc) is 3.67. The minimum Gasteiger partial charge on any atom is -0.309 e. The Hall–Kier alpha value is -7.43. The quantitative estimate of drug-likeness (QED) is 0.166. The van der Waals surface area contributed by atoms with Crippen LogP contribution >= 0.6 is 0 Å². The van der Waals surface area contributed by atoms with Gasteiger partial charge < -0.3 is 4.57 Å². The SMILES string of the molecule is [2H]c1c([2H])c([2H])c2c(c1[2H])c1cccc(-c3cccc(-c4ccccc4)c3)c1n2-c1cccc(-c2nc(-c3ccccc3)nc(-c3ccc(-c4ccccc4)cc3)n2)c1. The van der Waals surface area contributed by atoms with E-state index in [2.05, 4.69) is 60.7 Å². The molecule has 2 heterocycles. The lowest BCUT2D eigenvalue weighted by molar-refractivity contribution is 1.07. The number of fused-ring (bicyclic) bond motifs is 3. The third-order valence-electron chi connectivity index (χ3n) is 9.98. The molecule has 0 unspecified atom stereocenters. The van der Waals surface area contributed by atoms with Gasteiger partial charge >= 0.3 is 0 Å². The topological polar surface area (TPSA) is 43.6 Å². The largest absolute Gasteiger partial charge is 0.309 e. The fourth-order valence-electron chi connectivity index (χ4n) is 7.33. The zero-order valence-electron chi connectivity index (χ0n) is 33.6. The van der Waals surface area contributed by atoms with Gasteiger partial charge in [0.05, 0.1) is 16.5 Å². The standard InChI is InChI=1S/C51H34N4/c1-4-15-35(16-5-1)37-29-31-39(32-30-37)50-52-49(38-19-8-3-9-20-38)53-51(54-50)42-23-13-24-43(34-42)55-47-28-11-10-25-45(47)46-27-14-26-44(48(46)55)41-22-12-21-40(33-41)36-17-6-2-7-18-36/h1-34H/i10D,11D,25D,28D. The van der Waals surface area contributed by atoms with Gasteiger partial charge in [0.25, 0.3) is 0 Å². The number of nitrogens with zero attached hydrogens (tertiary/aromatic N) is 4. The van der Waals surface area contributed by atoms with Crippen LogP contribution < -0.4 is 0 Å². The van der Waals surface area contributed by atoms with Gasteiger partial charge in [0, 0.05) is 38.7 Å². The highest BCUT2D eigenvalue weighted by atomic mass is 15.0. The van der Waals surface area contributed by atoms with Gasteiger partial charge in [-0.25, -0.2) is 15.0 Å². The summed E-state index contributed by atoms with van der Waals surface area (Å²) < 4.78 is 37.8. The number of hydrogen-bond acceptors (Lipinski definition) is 3. The molecule has 10 aromatic rings. The highest BCUT2D eigenvalue weighted by Gasteiger charge is 2.18. The predicted octanol–water partition coefficient (Wildman–Crippen LogP) is 13.0. The van der Waals surface area contributed by atoms with Crippen LogP contribution in [0.15, 0.2) is 206 Å². The minimum atomic E-state index is -0.289. The van der Waals surface area contributed by atoms with Crippen molar-refractivity contribution in [2.24, 2.45) is 0 Å². The third kappa shape index (κ3) is 6.06. The number of hydrogen-bond donors (Lipinski definition) is 0. The van der Waals surface area contributed by atoms with Gasteiger partial charge in [-0.05, 0) is 52.1 Å². The first-order valence-electron chi connectivity index (χ1n) is 20.2. The Bertz CT molecular complexity index is 3190. The molecule has 4 heteroatoms. The summed E-state index contributed by atoms with van der Waals surface area (Å²) in [7, 11) is 0. The van der Waals surface area contributed by atoms with Crippen molar-refractivity contribution in [3.05, 3.63) is 206 Å². The van der Waals surface area contributed by atoms with Crippen molar-refractivity contribution in [3.63, 3.8) is 0 Å². The Labute approximate surface area is 325 Å². The highest BCUT2D eigenvalue weighted by Crippen LogP contribution is 2.39. The summed E-state index contributed by atoms with van der Waals surface area (Å²) in [5.74, 6) is 1.54. The molecule has 55 heavy (non-hydrogen) atoms. The van der Waals surface area contributed by atoms with Crippen molar-refractivity contribution in [2.45, 2.75) is 0 Å². The number of para-hydroxylation sites is 2. The highest BCUT2D eigenvalue weighted by molar-refractivity contribution is 6.14. The first-order valence-corrected chi connectivity index (χ1v) is 18.2. The lowest BCUT2D eigenvalue weighted by atomic mass is 9.97. The van der Waals surface area contributed by atoms with Crippen LogP contribution in [0, 0.1) is 0 Å². The molecule has 0 saturated heterocycles. The molecule has 2 aromatic heterocycles. The van der Waals surface area contributed by atoms with E-state index >= 15 is 0 Å². The van der Waals surface area contributed by atoms with Crippen LogP contribution in [0.1, 0.15) is 5.48 Å². The van der Waals surface area contributed by atoms with Gasteiger partial charge in [0.2, 0.25) is 0 Å². The van der Waals surface area contributed by atoms with E-state index in [1.807, 2.05) is 126 Å². The summed E-state index contributed by atoms with van der Waals surface area (Å²) in [6.07, 6.45) is 0. The first-order chi connectivity index (χ1) is 28.9. The van der Waals surface area contributed by atoms with E-state index in [0.717, 1.165) is 61.0 Å². The molecule has 0 bridgehead atoms. The average molecular weight is 707 g/mol. The zero-order valence-corrected chi connectivity index (χ0v) is 29.6. The van der Waals surface area contributed by atoms with E-state index in [9.17, 15) is 1.37 Å². The second-order valence-corrected chi connectivity index (χ2v) is 13.4. The third-order valence-corrected chi connectivity index (χ3v) is 9.98. The number of aromatic nitrogens is 4. The normalized spacial score (nSPS) is 12.3. The number of benzene rings is 8. The molecular formula is C51H34N4. The van der Waals surface area contributed by atoms with Crippen molar-refractivity contribution in [1.82, 2.24) is 19.5 Å². The second-order valence-electron chi connectivity index (χ2n) is 13.4. The van der Waals surface area contributed by atoms with Gasteiger partial charge in [0.15, 0.2) is 17.5 Å². The summed E-state index contributed by atoms with van der Waals surface area (Å²) in [5, 5.41) is 1.19. The fourth-order valence-corrected chi connectivity index (χ4v) is 7.33. The Morgan fingerprint density at radius 2 is 0.855 bits per heavy atom. The smallest absolute Gasteiger partial charge is 0.164 e. The Balaban J connectivity index is 1.19.